The summed E-state index contributed by atoms with van der Waals surface area (Å²) in [5, 5.41) is 1.76. The fourth-order valence-electron chi connectivity index (χ4n) is 1.16. The van der Waals surface area contributed by atoms with Crippen molar-refractivity contribution in [1.82, 2.24) is 4.98 Å². The van der Waals surface area contributed by atoms with Gasteiger partial charge in [-0.3, -0.25) is 0 Å². The van der Waals surface area contributed by atoms with E-state index < -0.39 is 5.92 Å². The third kappa shape index (κ3) is 2.41. The van der Waals surface area contributed by atoms with Crippen molar-refractivity contribution < 1.29 is 8.78 Å². The minimum Gasteiger partial charge on any atom is -0.350 e. The highest BCUT2D eigenvalue weighted by atomic mass is 32.1. The number of nitrogens with zero attached hydrogens (tertiary/aromatic N) is 2. The van der Waals surface area contributed by atoms with Crippen LogP contribution in [0.4, 0.5) is 13.8 Å². The van der Waals surface area contributed by atoms with Gasteiger partial charge < -0.3 is 4.90 Å². The summed E-state index contributed by atoms with van der Waals surface area (Å²) < 4.78 is 24.8. The van der Waals surface area contributed by atoms with Crippen LogP contribution < -0.4 is 4.90 Å². The minimum absolute atomic E-state index is 0.158. The fraction of sp³-hybridized carbons (Fsp3) is 0.667. The van der Waals surface area contributed by atoms with Crippen LogP contribution >= 0.6 is 11.3 Å². The number of hydrogen-bond donors (Lipinski definition) is 0. The van der Waals surface area contributed by atoms with Crippen LogP contribution in [0.5, 0.6) is 0 Å². The molecule has 2 rings (SSSR count). The molecule has 0 spiro atoms. The number of aromatic nitrogens is 1. The normalized spacial score (nSPS) is 18.2. The summed E-state index contributed by atoms with van der Waals surface area (Å²) in [4.78, 5) is 5.64. The van der Waals surface area contributed by atoms with E-state index in [-0.39, 0.29) is 13.1 Å². The molecule has 5 heteroatoms. The molecule has 1 aliphatic rings. The highest BCUT2D eigenvalue weighted by Gasteiger charge is 2.44. The van der Waals surface area contributed by atoms with Crippen molar-refractivity contribution in [3.05, 3.63) is 11.2 Å². The van der Waals surface area contributed by atoms with Crippen LogP contribution in [-0.4, -0.2) is 24.0 Å². The Bertz CT molecular complexity index is 291. The molecule has 0 unspecified atom stereocenters. The van der Waals surface area contributed by atoms with Gasteiger partial charge in [-0.15, -0.1) is 11.3 Å². The third-order valence-corrected chi connectivity index (χ3v) is 2.74. The predicted octanol–water partition coefficient (Wildman–Crippen LogP) is 2.93. The largest absolute Gasteiger partial charge is 0.350 e. The van der Waals surface area contributed by atoms with Crippen LogP contribution in [0.3, 0.4) is 0 Å². The molecule has 80 valence electrons. The van der Waals surface area contributed by atoms with Crippen molar-refractivity contribution in [2.45, 2.75) is 26.7 Å². The average molecular weight is 220 g/mol. The quantitative estimate of drug-likeness (QED) is 0.723. The van der Waals surface area contributed by atoms with E-state index in [2.05, 4.69) is 4.98 Å². The number of thiazole rings is 1. The summed E-state index contributed by atoms with van der Waals surface area (Å²) in [5.74, 6) is -2.49. The Labute approximate surface area is 86.6 Å². The Balaban J connectivity index is 0.000000461. The fourth-order valence-corrected chi connectivity index (χ4v) is 1.94. The molecular weight excluding hydrogens is 206 g/mol. The van der Waals surface area contributed by atoms with E-state index >= 15 is 0 Å². The van der Waals surface area contributed by atoms with Gasteiger partial charge in [-0.25, -0.2) is 13.8 Å². The summed E-state index contributed by atoms with van der Waals surface area (Å²) in [7, 11) is 0. The van der Waals surface area contributed by atoms with Gasteiger partial charge in [0, 0.05) is 0 Å². The van der Waals surface area contributed by atoms with Gasteiger partial charge >= 0.3 is 0 Å². The number of aryl methyl sites for hydroxylation is 1. The van der Waals surface area contributed by atoms with E-state index in [1.54, 1.807) is 11.1 Å². The summed E-state index contributed by atoms with van der Waals surface area (Å²) in [5.41, 5.74) is 0. The second-order valence-corrected chi connectivity index (χ2v) is 4.14. The van der Waals surface area contributed by atoms with Crippen molar-refractivity contribution in [3.63, 3.8) is 0 Å². The molecule has 0 atom stereocenters. The Kier molecular flexibility index (Phi) is 3.42. The first kappa shape index (κ1) is 11.4. The minimum atomic E-state index is -2.49. The zero-order chi connectivity index (χ0) is 10.8. The van der Waals surface area contributed by atoms with Gasteiger partial charge in [0.2, 0.25) is 0 Å². The Hall–Kier alpha value is -0.710. The predicted molar refractivity (Wildman–Crippen MR) is 55.4 cm³/mol. The van der Waals surface area contributed by atoms with Crippen LogP contribution in [0.25, 0.3) is 0 Å². The van der Waals surface area contributed by atoms with E-state index in [0.717, 1.165) is 10.0 Å². The molecule has 1 saturated heterocycles. The number of rotatable bonds is 1. The molecule has 0 amide bonds. The van der Waals surface area contributed by atoms with Crippen molar-refractivity contribution in [3.8, 4) is 0 Å². The molecule has 1 fully saturated rings. The Morgan fingerprint density at radius 3 is 2.36 bits per heavy atom. The van der Waals surface area contributed by atoms with Gasteiger partial charge in [-0.05, 0) is 6.92 Å². The maximum atomic E-state index is 12.4. The molecule has 1 aromatic rings. The van der Waals surface area contributed by atoms with Crippen molar-refractivity contribution in [1.29, 1.82) is 0 Å². The second kappa shape index (κ2) is 4.21. The topological polar surface area (TPSA) is 16.1 Å². The van der Waals surface area contributed by atoms with E-state index in [1.165, 1.54) is 11.3 Å². The van der Waals surface area contributed by atoms with Crippen molar-refractivity contribution in [2.75, 3.05) is 18.0 Å². The lowest BCUT2D eigenvalue weighted by atomic mass is 10.2. The van der Waals surface area contributed by atoms with E-state index in [0.29, 0.717) is 0 Å². The second-order valence-electron chi connectivity index (χ2n) is 2.93. The smallest absolute Gasteiger partial charge is 0.282 e. The Morgan fingerprint density at radius 1 is 1.43 bits per heavy atom. The van der Waals surface area contributed by atoms with Crippen LogP contribution in [0.15, 0.2) is 6.20 Å². The van der Waals surface area contributed by atoms with Gasteiger partial charge in [-0.1, -0.05) is 13.8 Å². The SMILES string of the molecule is CC.Cc1ncc(N2CC(F)(F)C2)s1. The zero-order valence-corrected chi connectivity index (χ0v) is 9.37. The van der Waals surface area contributed by atoms with E-state index in [9.17, 15) is 8.78 Å². The highest BCUT2D eigenvalue weighted by Crippen LogP contribution is 2.34. The summed E-state index contributed by atoms with van der Waals surface area (Å²) >= 11 is 1.45. The third-order valence-electron chi connectivity index (χ3n) is 1.77. The lowest BCUT2D eigenvalue weighted by Crippen LogP contribution is -2.56. The molecule has 14 heavy (non-hydrogen) atoms. The van der Waals surface area contributed by atoms with Crippen molar-refractivity contribution >= 4 is 16.3 Å². The summed E-state index contributed by atoms with van der Waals surface area (Å²) in [6.07, 6.45) is 1.65. The number of halogens is 2. The molecule has 2 heterocycles. The van der Waals surface area contributed by atoms with Crippen LogP contribution in [0.2, 0.25) is 0 Å². The molecule has 0 N–H and O–H groups in total. The number of anilines is 1. The highest BCUT2D eigenvalue weighted by molar-refractivity contribution is 7.15. The van der Waals surface area contributed by atoms with Gasteiger partial charge in [0.15, 0.2) is 0 Å². The van der Waals surface area contributed by atoms with Crippen LogP contribution in [-0.2, 0) is 0 Å². The van der Waals surface area contributed by atoms with Gasteiger partial charge in [0.1, 0.15) is 5.00 Å². The molecule has 0 aliphatic carbocycles. The molecule has 1 aromatic heterocycles. The molecule has 0 radical (unpaired) electrons. The number of alkyl halides is 2. The van der Waals surface area contributed by atoms with Crippen LogP contribution in [0.1, 0.15) is 18.9 Å². The molecule has 0 saturated carbocycles. The molecule has 0 bridgehead atoms. The maximum Gasteiger partial charge on any atom is 0.282 e. The van der Waals surface area contributed by atoms with E-state index in [1.807, 2.05) is 20.8 Å². The first-order valence-corrected chi connectivity index (χ1v) is 5.44. The van der Waals surface area contributed by atoms with Gasteiger partial charge in [0.25, 0.3) is 5.92 Å². The maximum absolute atomic E-state index is 12.4. The standard InChI is InChI=1S/C7H8F2N2S.C2H6/c1-5-10-2-6(12-5)11-3-7(8,9)4-11;1-2/h2H,3-4H2,1H3;1-2H3. The lowest BCUT2D eigenvalue weighted by molar-refractivity contribution is -0.0258. The first-order chi connectivity index (χ1) is 6.57. The molecule has 1 aliphatic heterocycles. The number of hydrogen-bond acceptors (Lipinski definition) is 3. The monoisotopic (exact) mass is 220 g/mol. The van der Waals surface area contributed by atoms with Crippen molar-refractivity contribution in [2.24, 2.45) is 0 Å². The molecule has 2 nitrogen and oxygen atoms in total. The zero-order valence-electron chi connectivity index (χ0n) is 8.55. The lowest BCUT2D eigenvalue weighted by Gasteiger charge is -2.39. The van der Waals surface area contributed by atoms with Crippen LogP contribution in [0, 0.1) is 6.92 Å². The van der Waals surface area contributed by atoms with Gasteiger partial charge in [-0.2, -0.15) is 0 Å². The summed E-state index contributed by atoms with van der Waals surface area (Å²) in [6.45, 7) is 5.55. The summed E-state index contributed by atoms with van der Waals surface area (Å²) in [6, 6.07) is 0. The Morgan fingerprint density at radius 2 is 2.00 bits per heavy atom. The first-order valence-electron chi connectivity index (χ1n) is 4.62. The average Bonchev–Trinajstić information content (AvgIpc) is 2.51. The molecule has 0 aromatic carbocycles. The van der Waals surface area contributed by atoms with Gasteiger partial charge in [0.05, 0.1) is 24.3 Å². The van der Waals surface area contributed by atoms with E-state index in [4.69, 9.17) is 0 Å². The molecular formula is C9H14F2N2S.